The molecule has 0 spiro atoms. The minimum absolute atomic E-state index is 0.294. The Labute approximate surface area is 73.4 Å². The first-order valence-corrected chi connectivity index (χ1v) is 4.16. The molecule has 0 aromatic carbocycles. The number of carbonyl (C=O) groups is 1. The van der Waals surface area contributed by atoms with Crippen molar-refractivity contribution in [2.24, 2.45) is 0 Å². The Morgan fingerprint density at radius 2 is 2.08 bits per heavy atom. The SMILES string of the molecule is CCOCCN(CC)C(=O)OC. The van der Waals surface area contributed by atoms with E-state index in [1.165, 1.54) is 7.11 Å². The number of nitrogens with zero attached hydrogens (tertiary/aromatic N) is 1. The van der Waals surface area contributed by atoms with Crippen molar-refractivity contribution in [3.05, 3.63) is 0 Å². The van der Waals surface area contributed by atoms with E-state index in [1.54, 1.807) is 4.90 Å². The highest BCUT2D eigenvalue weighted by atomic mass is 16.5. The van der Waals surface area contributed by atoms with Gasteiger partial charge in [-0.05, 0) is 13.8 Å². The molecule has 0 unspecified atom stereocenters. The maximum atomic E-state index is 11.0. The van der Waals surface area contributed by atoms with Crippen molar-refractivity contribution < 1.29 is 14.3 Å². The van der Waals surface area contributed by atoms with Crippen molar-refractivity contribution >= 4 is 6.09 Å². The summed E-state index contributed by atoms with van der Waals surface area (Å²) in [6, 6.07) is 0. The molecule has 0 saturated carbocycles. The monoisotopic (exact) mass is 175 g/mol. The van der Waals surface area contributed by atoms with Crippen molar-refractivity contribution in [3.63, 3.8) is 0 Å². The predicted octanol–water partition coefficient (Wildman–Crippen LogP) is 1.11. The Morgan fingerprint density at radius 3 is 2.50 bits per heavy atom. The van der Waals surface area contributed by atoms with Crippen molar-refractivity contribution in [1.82, 2.24) is 4.90 Å². The summed E-state index contributed by atoms with van der Waals surface area (Å²) in [5.74, 6) is 0. The Hall–Kier alpha value is -0.770. The molecule has 0 N–H and O–H groups in total. The molecule has 0 rings (SSSR count). The van der Waals surface area contributed by atoms with Gasteiger partial charge in [0, 0.05) is 19.7 Å². The summed E-state index contributed by atoms with van der Waals surface area (Å²) in [7, 11) is 1.38. The fraction of sp³-hybridized carbons (Fsp3) is 0.875. The van der Waals surface area contributed by atoms with Crippen molar-refractivity contribution in [3.8, 4) is 0 Å². The van der Waals surface area contributed by atoms with Gasteiger partial charge in [-0.3, -0.25) is 0 Å². The molecule has 0 aliphatic carbocycles. The van der Waals surface area contributed by atoms with E-state index in [1.807, 2.05) is 13.8 Å². The van der Waals surface area contributed by atoms with Crippen molar-refractivity contribution in [2.75, 3.05) is 33.4 Å². The number of likely N-dealkylation sites (N-methyl/N-ethyl adjacent to an activating group) is 1. The van der Waals surface area contributed by atoms with E-state index in [2.05, 4.69) is 4.74 Å². The molecule has 0 aromatic heterocycles. The van der Waals surface area contributed by atoms with Crippen LogP contribution >= 0.6 is 0 Å². The van der Waals surface area contributed by atoms with Crippen LogP contribution in [0.3, 0.4) is 0 Å². The third-order valence-corrected chi connectivity index (χ3v) is 1.52. The first kappa shape index (κ1) is 11.2. The van der Waals surface area contributed by atoms with Crippen LogP contribution < -0.4 is 0 Å². The number of carbonyl (C=O) groups excluding carboxylic acids is 1. The van der Waals surface area contributed by atoms with Crippen LogP contribution in [0.4, 0.5) is 4.79 Å². The molecule has 0 fully saturated rings. The molecule has 12 heavy (non-hydrogen) atoms. The minimum atomic E-state index is -0.294. The largest absolute Gasteiger partial charge is 0.453 e. The van der Waals surface area contributed by atoms with E-state index in [4.69, 9.17) is 4.74 Å². The van der Waals surface area contributed by atoms with Gasteiger partial charge < -0.3 is 14.4 Å². The molecule has 0 aromatic rings. The second-order valence-electron chi connectivity index (χ2n) is 2.25. The number of hydrogen-bond donors (Lipinski definition) is 0. The van der Waals surface area contributed by atoms with Gasteiger partial charge >= 0.3 is 6.09 Å². The van der Waals surface area contributed by atoms with E-state index in [9.17, 15) is 4.79 Å². The average Bonchev–Trinajstić information content (AvgIpc) is 2.11. The van der Waals surface area contributed by atoms with E-state index in [0.717, 1.165) is 0 Å². The molecule has 4 nitrogen and oxygen atoms in total. The maximum Gasteiger partial charge on any atom is 0.409 e. The van der Waals surface area contributed by atoms with Crippen LogP contribution in [-0.4, -0.2) is 44.4 Å². The highest BCUT2D eigenvalue weighted by Crippen LogP contribution is 1.92. The minimum Gasteiger partial charge on any atom is -0.453 e. The molecule has 0 bridgehead atoms. The zero-order chi connectivity index (χ0) is 9.40. The average molecular weight is 175 g/mol. The van der Waals surface area contributed by atoms with Crippen LogP contribution in [0, 0.1) is 0 Å². The molecule has 72 valence electrons. The number of rotatable bonds is 5. The van der Waals surface area contributed by atoms with Crippen LogP contribution in [0.1, 0.15) is 13.8 Å². The van der Waals surface area contributed by atoms with Gasteiger partial charge in [-0.25, -0.2) is 4.79 Å². The fourth-order valence-electron chi connectivity index (χ4n) is 0.827. The van der Waals surface area contributed by atoms with E-state index in [-0.39, 0.29) is 6.09 Å². The molecule has 0 aliphatic rings. The first-order valence-electron chi connectivity index (χ1n) is 4.16. The van der Waals surface area contributed by atoms with E-state index < -0.39 is 0 Å². The molecular formula is C8H17NO3. The highest BCUT2D eigenvalue weighted by molar-refractivity contribution is 5.67. The summed E-state index contributed by atoms with van der Waals surface area (Å²) in [5, 5.41) is 0. The lowest BCUT2D eigenvalue weighted by atomic mass is 10.5. The maximum absolute atomic E-state index is 11.0. The lowest BCUT2D eigenvalue weighted by Gasteiger charge is -2.18. The van der Waals surface area contributed by atoms with Gasteiger partial charge in [0.25, 0.3) is 0 Å². The summed E-state index contributed by atoms with van der Waals surface area (Å²) in [6.45, 7) is 6.33. The molecule has 0 atom stereocenters. The summed E-state index contributed by atoms with van der Waals surface area (Å²) >= 11 is 0. The van der Waals surface area contributed by atoms with Crippen LogP contribution in [0.2, 0.25) is 0 Å². The summed E-state index contributed by atoms with van der Waals surface area (Å²) < 4.78 is 9.68. The normalized spacial score (nSPS) is 9.58. The van der Waals surface area contributed by atoms with Crippen LogP contribution in [0.15, 0.2) is 0 Å². The predicted molar refractivity (Wildman–Crippen MR) is 46.1 cm³/mol. The van der Waals surface area contributed by atoms with Gasteiger partial charge in [0.15, 0.2) is 0 Å². The van der Waals surface area contributed by atoms with E-state index >= 15 is 0 Å². The standard InChI is InChI=1S/C8H17NO3/c1-4-9(8(10)11-3)6-7-12-5-2/h4-7H2,1-3H3. The Bertz CT molecular complexity index is 127. The molecule has 0 radical (unpaired) electrons. The number of ether oxygens (including phenoxy) is 2. The second-order valence-corrected chi connectivity index (χ2v) is 2.25. The quantitative estimate of drug-likeness (QED) is 0.587. The van der Waals surface area contributed by atoms with Gasteiger partial charge in [-0.2, -0.15) is 0 Å². The lowest BCUT2D eigenvalue weighted by Crippen LogP contribution is -2.33. The number of hydrogen-bond acceptors (Lipinski definition) is 3. The van der Waals surface area contributed by atoms with Gasteiger partial charge in [-0.15, -0.1) is 0 Å². The van der Waals surface area contributed by atoms with Crippen LogP contribution in [0.25, 0.3) is 0 Å². The van der Waals surface area contributed by atoms with Crippen LogP contribution in [-0.2, 0) is 9.47 Å². The Morgan fingerprint density at radius 1 is 1.42 bits per heavy atom. The molecule has 4 heteroatoms. The third-order valence-electron chi connectivity index (χ3n) is 1.52. The third kappa shape index (κ3) is 4.18. The molecule has 0 aliphatic heterocycles. The zero-order valence-corrected chi connectivity index (χ0v) is 8.00. The zero-order valence-electron chi connectivity index (χ0n) is 8.00. The smallest absolute Gasteiger partial charge is 0.409 e. The van der Waals surface area contributed by atoms with Gasteiger partial charge in [0.05, 0.1) is 13.7 Å². The first-order chi connectivity index (χ1) is 5.76. The lowest BCUT2D eigenvalue weighted by molar-refractivity contribution is 0.0925. The van der Waals surface area contributed by atoms with Gasteiger partial charge in [-0.1, -0.05) is 0 Å². The van der Waals surface area contributed by atoms with Gasteiger partial charge in [0.1, 0.15) is 0 Å². The summed E-state index contributed by atoms with van der Waals surface area (Å²) in [5.41, 5.74) is 0. The molecule has 1 amide bonds. The Kier molecular flexibility index (Phi) is 6.47. The Balaban J connectivity index is 3.60. The topological polar surface area (TPSA) is 38.8 Å². The van der Waals surface area contributed by atoms with Crippen molar-refractivity contribution in [1.29, 1.82) is 0 Å². The fourth-order valence-corrected chi connectivity index (χ4v) is 0.827. The van der Waals surface area contributed by atoms with Crippen molar-refractivity contribution in [2.45, 2.75) is 13.8 Å². The van der Waals surface area contributed by atoms with E-state index in [0.29, 0.717) is 26.3 Å². The highest BCUT2D eigenvalue weighted by Gasteiger charge is 2.09. The number of amides is 1. The summed E-state index contributed by atoms with van der Waals surface area (Å²) in [4.78, 5) is 12.6. The van der Waals surface area contributed by atoms with Crippen LogP contribution in [0.5, 0.6) is 0 Å². The second kappa shape index (κ2) is 6.91. The summed E-state index contributed by atoms with van der Waals surface area (Å²) in [6.07, 6.45) is -0.294. The van der Waals surface area contributed by atoms with Gasteiger partial charge in [0.2, 0.25) is 0 Å². The molecule has 0 saturated heterocycles. The number of methoxy groups -OCH3 is 1. The molecular weight excluding hydrogens is 158 g/mol. The molecule has 0 heterocycles.